The lowest BCUT2D eigenvalue weighted by Gasteiger charge is -1.97. The number of aromatic nitrogens is 4. The average Bonchev–Trinajstić information content (AvgIpc) is 3.02. The molecule has 5 heteroatoms. The second-order valence-corrected chi connectivity index (χ2v) is 5.71. The number of hydrogen-bond acceptors (Lipinski definition) is 2. The molecule has 0 aliphatic carbocycles. The van der Waals surface area contributed by atoms with Gasteiger partial charge in [-0.05, 0) is 40.2 Å². The van der Waals surface area contributed by atoms with Gasteiger partial charge in [0.15, 0.2) is 0 Å². The summed E-state index contributed by atoms with van der Waals surface area (Å²) in [4.78, 5) is 9.04. The largest absolute Gasteiger partial charge is 0.334 e. The zero-order chi connectivity index (χ0) is 13.7. The second-order valence-electron chi connectivity index (χ2n) is 4.80. The minimum absolute atomic E-state index is 0.935. The molecule has 4 aromatic rings. The molecule has 0 spiro atoms. The SMILES string of the molecule is Cn1cnc2cc(-c3cn4cc(Br)ccc4n3)ccc21. The fourth-order valence-corrected chi connectivity index (χ4v) is 2.75. The summed E-state index contributed by atoms with van der Waals surface area (Å²) in [6, 6.07) is 10.2. The molecule has 0 N–H and O–H groups in total. The predicted molar refractivity (Wildman–Crippen MR) is 82.6 cm³/mol. The molecule has 98 valence electrons. The van der Waals surface area contributed by atoms with E-state index in [0.717, 1.165) is 32.4 Å². The molecule has 0 unspecified atom stereocenters. The third-order valence-corrected chi connectivity index (χ3v) is 3.91. The van der Waals surface area contributed by atoms with Crippen molar-refractivity contribution in [2.45, 2.75) is 0 Å². The molecule has 0 atom stereocenters. The third kappa shape index (κ3) is 1.74. The van der Waals surface area contributed by atoms with Gasteiger partial charge in [-0.15, -0.1) is 0 Å². The van der Waals surface area contributed by atoms with Crippen molar-refractivity contribution in [2.24, 2.45) is 7.05 Å². The Hall–Kier alpha value is -2.14. The molecule has 20 heavy (non-hydrogen) atoms. The Balaban J connectivity index is 1.91. The van der Waals surface area contributed by atoms with Gasteiger partial charge in [0.1, 0.15) is 5.65 Å². The lowest BCUT2D eigenvalue weighted by molar-refractivity contribution is 0.948. The summed E-state index contributed by atoms with van der Waals surface area (Å²) in [5, 5.41) is 0. The number of imidazole rings is 2. The van der Waals surface area contributed by atoms with Gasteiger partial charge in [0, 0.05) is 29.5 Å². The molecule has 0 aliphatic heterocycles. The number of aryl methyl sites for hydroxylation is 1. The Morgan fingerprint density at radius 1 is 1.10 bits per heavy atom. The number of benzene rings is 1. The van der Waals surface area contributed by atoms with E-state index in [2.05, 4.69) is 44.1 Å². The summed E-state index contributed by atoms with van der Waals surface area (Å²) in [7, 11) is 2.00. The zero-order valence-electron chi connectivity index (χ0n) is 10.8. The van der Waals surface area contributed by atoms with Crippen LogP contribution in [0.4, 0.5) is 0 Å². The molecular weight excluding hydrogens is 316 g/mol. The summed E-state index contributed by atoms with van der Waals surface area (Å²) in [5.74, 6) is 0. The summed E-state index contributed by atoms with van der Waals surface area (Å²) in [6.45, 7) is 0. The summed E-state index contributed by atoms with van der Waals surface area (Å²) in [6.07, 6.45) is 5.87. The topological polar surface area (TPSA) is 35.1 Å². The van der Waals surface area contributed by atoms with E-state index in [9.17, 15) is 0 Å². The lowest BCUT2D eigenvalue weighted by atomic mass is 10.1. The van der Waals surface area contributed by atoms with Gasteiger partial charge in [0.2, 0.25) is 0 Å². The molecule has 0 bridgehead atoms. The van der Waals surface area contributed by atoms with Crippen LogP contribution in [0.15, 0.2) is 53.5 Å². The maximum absolute atomic E-state index is 4.65. The van der Waals surface area contributed by atoms with Crippen LogP contribution in [0.5, 0.6) is 0 Å². The smallest absolute Gasteiger partial charge is 0.137 e. The molecule has 0 aliphatic rings. The first kappa shape index (κ1) is 11.7. The molecule has 0 saturated heterocycles. The van der Waals surface area contributed by atoms with Crippen LogP contribution in [0.1, 0.15) is 0 Å². The van der Waals surface area contributed by atoms with E-state index in [1.54, 1.807) is 0 Å². The van der Waals surface area contributed by atoms with Crippen molar-refractivity contribution in [3.8, 4) is 11.3 Å². The molecule has 4 nitrogen and oxygen atoms in total. The number of hydrogen-bond donors (Lipinski definition) is 0. The number of fused-ring (bicyclic) bond motifs is 2. The fourth-order valence-electron chi connectivity index (χ4n) is 2.40. The molecule has 4 rings (SSSR count). The predicted octanol–water partition coefficient (Wildman–Crippen LogP) is 3.65. The quantitative estimate of drug-likeness (QED) is 0.535. The number of rotatable bonds is 1. The van der Waals surface area contributed by atoms with E-state index < -0.39 is 0 Å². The normalized spacial score (nSPS) is 11.5. The Morgan fingerprint density at radius 3 is 2.90 bits per heavy atom. The van der Waals surface area contributed by atoms with Crippen LogP contribution in [0, 0.1) is 0 Å². The van der Waals surface area contributed by atoms with Crippen molar-refractivity contribution < 1.29 is 0 Å². The van der Waals surface area contributed by atoms with E-state index in [1.165, 1.54) is 0 Å². The number of nitrogens with zero attached hydrogens (tertiary/aromatic N) is 4. The van der Waals surface area contributed by atoms with Crippen molar-refractivity contribution in [2.75, 3.05) is 0 Å². The van der Waals surface area contributed by atoms with Crippen molar-refractivity contribution in [1.82, 2.24) is 18.9 Å². The van der Waals surface area contributed by atoms with Crippen molar-refractivity contribution >= 4 is 32.6 Å². The van der Waals surface area contributed by atoms with Crippen LogP contribution >= 0.6 is 15.9 Å². The molecule has 1 aromatic carbocycles. The standard InChI is InChI=1S/C15H11BrN4/c1-19-9-17-12-6-10(2-4-14(12)19)13-8-20-7-11(16)3-5-15(20)18-13/h2-9H,1H3. The van der Waals surface area contributed by atoms with Gasteiger partial charge < -0.3 is 8.97 Å². The van der Waals surface area contributed by atoms with E-state index >= 15 is 0 Å². The molecular formula is C15H11BrN4. The van der Waals surface area contributed by atoms with Gasteiger partial charge in [-0.25, -0.2) is 9.97 Å². The first-order valence-corrected chi connectivity index (χ1v) is 7.06. The Bertz CT molecular complexity index is 936. The van der Waals surface area contributed by atoms with E-state index in [0.29, 0.717) is 0 Å². The minimum Gasteiger partial charge on any atom is -0.334 e. The van der Waals surface area contributed by atoms with Gasteiger partial charge in [0.05, 0.1) is 23.1 Å². The van der Waals surface area contributed by atoms with Gasteiger partial charge in [-0.3, -0.25) is 0 Å². The average molecular weight is 327 g/mol. The Morgan fingerprint density at radius 2 is 2.00 bits per heavy atom. The Labute approximate surface area is 123 Å². The highest BCUT2D eigenvalue weighted by atomic mass is 79.9. The lowest BCUT2D eigenvalue weighted by Crippen LogP contribution is -1.83. The number of pyridine rings is 1. The van der Waals surface area contributed by atoms with E-state index in [1.807, 2.05) is 46.9 Å². The van der Waals surface area contributed by atoms with Crippen molar-refractivity contribution in [3.05, 3.63) is 53.5 Å². The van der Waals surface area contributed by atoms with E-state index in [4.69, 9.17) is 0 Å². The third-order valence-electron chi connectivity index (χ3n) is 3.44. The highest BCUT2D eigenvalue weighted by molar-refractivity contribution is 9.10. The minimum atomic E-state index is 0.935. The first-order chi connectivity index (χ1) is 9.70. The van der Waals surface area contributed by atoms with E-state index in [-0.39, 0.29) is 0 Å². The number of halogens is 1. The van der Waals surface area contributed by atoms with Crippen LogP contribution in [-0.2, 0) is 7.05 Å². The molecule has 0 saturated carbocycles. The molecule has 0 fully saturated rings. The zero-order valence-corrected chi connectivity index (χ0v) is 12.4. The van der Waals surface area contributed by atoms with Crippen LogP contribution in [0.3, 0.4) is 0 Å². The van der Waals surface area contributed by atoms with Gasteiger partial charge >= 0.3 is 0 Å². The highest BCUT2D eigenvalue weighted by Crippen LogP contribution is 2.24. The molecule has 3 aromatic heterocycles. The van der Waals surface area contributed by atoms with Crippen molar-refractivity contribution in [3.63, 3.8) is 0 Å². The molecule has 3 heterocycles. The van der Waals surface area contributed by atoms with Crippen LogP contribution in [-0.4, -0.2) is 18.9 Å². The summed E-state index contributed by atoms with van der Waals surface area (Å²) < 4.78 is 5.07. The van der Waals surface area contributed by atoms with Crippen molar-refractivity contribution in [1.29, 1.82) is 0 Å². The fraction of sp³-hybridized carbons (Fsp3) is 0.0667. The first-order valence-electron chi connectivity index (χ1n) is 6.26. The molecule has 0 amide bonds. The van der Waals surface area contributed by atoms with Crippen LogP contribution < -0.4 is 0 Å². The molecule has 0 radical (unpaired) electrons. The highest BCUT2D eigenvalue weighted by Gasteiger charge is 2.07. The van der Waals surface area contributed by atoms with Crippen LogP contribution in [0.25, 0.3) is 27.9 Å². The Kier molecular flexibility index (Phi) is 2.44. The monoisotopic (exact) mass is 326 g/mol. The second kappa shape index (κ2) is 4.18. The summed E-state index contributed by atoms with van der Waals surface area (Å²) >= 11 is 3.47. The van der Waals surface area contributed by atoms with Gasteiger partial charge in [-0.1, -0.05) is 6.07 Å². The van der Waals surface area contributed by atoms with Gasteiger partial charge in [0.25, 0.3) is 0 Å². The maximum atomic E-state index is 4.65. The summed E-state index contributed by atoms with van der Waals surface area (Å²) in [5.41, 5.74) is 5.08. The van der Waals surface area contributed by atoms with Crippen LogP contribution in [0.2, 0.25) is 0 Å². The van der Waals surface area contributed by atoms with Gasteiger partial charge in [-0.2, -0.15) is 0 Å². The maximum Gasteiger partial charge on any atom is 0.137 e.